The Bertz CT molecular complexity index is 1140. The standard InChI is InChI=1S/C24H26N2O3S/c1-18-10-14-22(15-11-18)30(28,29)26(4)23-16-21(13-12-19(23)2)24(27)25(3)17-20-8-6-5-7-9-20/h5-16H,17H2,1-4H3. The molecule has 0 saturated heterocycles. The number of carbonyl (C=O) groups is 1. The molecule has 156 valence electrons. The van der Waals surface area contributed by atoms with Gasteiger partial charge >= 0.3 is 0 Å². The second kappa shape index (κ2) is 8.71. The van der Waals surface area contributed by atoms with E-state index >= 15 is 0 Å². The van der Waals surface area contributed by atoms with Gasteiger partial charge in [0.05, 0.1) is 10.6 Å². The van der Waals surface area contributed by atoms with E-state index in [0.29, 0.717) is 17.8 Å². The van der Waals surface area contributed by atoms with Crippen molar-refractivity contribution in [3.8, 4) is 0 Å². The van der Waals surface area contributed by atoms with Crippen molar-refractivity contribution >= 4 is 21.6 Å². The number of hydrogen-bond acceptors (Lipinski definition) is 3. The van der Waals surface area contributed by atoms with Gasteiger partial charge in [-0.2, -0.15) is 0 Å². The van der Waals surface area contributed by atoms with Crippen molar-refractivity contribution in [3.05, 3.63) is 95.1 Å². The summed E-state index contributed by atoms with van der Waals surface area (Å²) in [6.45, 7) is 4.21. The summed E-state index contributed by atoms with van der Waals surface area (Å²) in [6.07, 6.45) is 0. The van der Waals surface area contributed by atoms with Crippen molar-refractivity contribution in [2.45, 2.75) is 25.3 Å². The van der Waals surface area contributed by atoms with Crippen LogP contribution in [0.5, 0.6) is 0 Å². The Labute approximate surface area is 178 Å². The predicted molar refractivity (Wildman–Crippen MR) is 120 cm³/mol. The van der Waals surface area contributed by atoms with E-state index in [2.05, 4.69) is 0 Å². The molecule has 0 aromatic heterocycles. The highest BCUT2D eigenvalue weighted by molar-refractivity contribution is 7.92. The quantitative estimate of drug-likeness (QED) is 0.592. The third kappa shape index (κ3) is 4.54. The van der Waals surface area contributed by atoms with Crippen LogP contribution in [0.25, 0.3) is 0 Å². The van der Waals surface area contributed by atoms with Crippen molar-refractivity contribution in [2.24, 2.45) is 0 Å². The Hall–Kier alpha value is -3.12. The lowest BCUT2D eigenvalue weighted by Crippen LogP contribution is -2.29. The fraction of sp³-hybridized carbons (Fsp3) is 0.208. The van der Waals surface area contributed by atoms with E-state index in [1.54, 1.807) is 54.4 Å². The molecule has 0 spiro atoms. The molecule has 0 aliphatic heterocycles. The van der Waals surface area contributed by atoms with Crippen LogP contribution in [0.1, 0.15) is 27.0 Å². The van der Waals surface area contributed by atoms with Crippen molar-refractivity contribution in [2.75, 3.05) is 18.4 Å². The highest BCUT2D eigenvalue weighted by Crippen LogP contribution is 2.27. The number of sulfonamides is 1. The summed E-state index contributed by atoms with van der Waals surface area (Å²) in [5, 5.41) is 0. The predicted octanol–water partition coefficient (Wildman–Crippen LogP) is 4.40. The molecule has 5 nitrogen and oxygen atoms in total. The second-order valence-electron chi connectivity index (χ2n) is 7.43. The smallest absolute Gasteiger partial charge is 0.264 e. The van der Waals surface area contributed by atoms with Gasteiger partial charge in [0.2, 0.25) is 0 Å². The maximum atomic E-state index is 13.1. The fourth-order valence-corrected chi connectivity index (χ4v) is 4.48. The third-order valence-corrected chi connectivity index (χ3v) is 6.87. The molecule has 0 atom stereocenters. The van der Waals surface area contributed by atoms with E-state index in [9.17, 15) is 13.2 Å². The highest BCUT2D eigenvalue weighted by atomic mass is 32.2. The summed E-state index contributed by atoms with van der Waals surface area (Å²) in [7, 11) is -0.483. The molecule has 0 unspecified atom stereocenters. The Balaban J connectivity index is 1.89. The van der Waals surface area contributed by atoms with E-state index < -0.39 is 10.0 Å². The van der Waals surface area contributed by atoms with Crippen LogP contribution >= 0.6 is 0 Å². The van der Waals surface area contributed by atoms with Crippen LogP contribution in [0.15, 0.2) is 77.7 Å². The van der Waals surface area contributed by atoms with E-state index in [1.807, 2.05) is 44.2 Å². The van der Waals surface area contributed by atoms with E-state index in [1.165, 1.54) is 11.4 Å². The van der Waals surface area contributed by atoms with E-state index in [4.69, 9.17) is 0 Å². The minimum atomic E-state index is -3.73. The lowest BCUT2D eigenvalue weighted by Gasteiger charge is -2.23. The Kier molecular flexibility index (Phi) is 6.27. The molecule has 0 saturated carbocycles. The van der Waals surface area contributed by atoms with Gasteiger partial charge in [-0.1, -0.05) is 54.1 Å². The summed E-state index contributed by atoms with van der Waals surface area (Å²) in [5.74, 6) is -0.166. The van der Waals surface area contributed by atoms with Crippen LogP contribution < -0.4 is 4.31 Å². The van der Waals surface area contributed by atoms with Crippen molar-refractivity contribution in [1.82, 2.24) is 4.90 Å². The molecule has 3 rings (SSSR count). The average molecular weight is 423 g/mol. The van der Waals surface area contributed by atoms with Crippen molar-refractivity contribution in [1.29, 1.82) is 0 Å². The number of carbonyl (C=O) groups excluding carboxylic acids is 1. The van der Waals surface area contributed by atoms with E-state index in [-0.39, 0.29) is 10.8 Å². The van der Waals surface area contributed by atoms with Crippen LogP contribution in [-0.2, 0) is 16.6 Å². The zero-order valence-electron chi connectivity index (χ0n) is 17.7. The lowest BCUT2D eigenvalue weighted by atomic mass is 10.1. The number of nitrogens with zero attached hydrogens (tertiary/aromatic N) is 2. The summed E-state index contributed by atoms with van der Waals surface area (Å²) in [4.78, 5) is 14.8. The molecule has 0 heterocycles. The van der Waals surface area contributed by atoms with Crippen LogP contribution in [0.2, 0.25) is 0 Å². The van der Waals surface area contributed by atoms with Gasteiger partial charge in [-0.15, -0.1) is 0 Å². The number of amides is 1. The summed E-state index contributed by atoms with van der Waals surface area (Å²) in [5.41, 5.74) is 3.71. The van der Waals surface area contributed by atoms with Crippen molar-refractivity contribution in [3.63, 3.8) is 0 Å². The number of anilines is 1. The first-order valence-corrected chi connectivity index (χ1v) is 11.1. The first-order valence-electron chi connectivity index (χ1n) is 9.66. The van der Waals surface area contributed by atoms with Crippen LogP contribution in [-0.4, -0.2) is 33.3 Å². The number of rotatable bonds is 6. The van der Waals surface area contributed by atoms with Crippen LogP contribution in [0.3, 0.4) is 0 Å². The second-order valence-corrected chi connectivity index (χ2v) is 9.40. The van der Waals surface area contributed by atoms with Gasteiger partial charge in [-0.3, -0.25) is 9.10 Å². The molecule has 0 N–H and O–H groups in total. The van der Waals surface area contributed by atoms with Gasteiger partial charge in [-0.05, 0) is 49.2 Å². The normalized spacial score (nSPS) is 11.2. The molecule has 6 heteroatoms. The SMILES string of the molecule is Cc1ccc(S(=O)(=O)N(C)c2cc(C(=O)N(C)Cc3ccccc3)ccc2C)cc1. The molecular weight excluding hydrogens is 396 g/mol. The number of aryl methyl sites for hydroxylation is 2. The van der Waals surface area contributed by atoms with E-state index in [0.717, 1.165) is 16.7 Å². The maximum Gasteiger partial charge on any atom is 0.264 e. The summed E-state index contributed by atoms with van der Waals surface area (Å²) in [6, 6.07) is 21.6. The Morgan fingerprint density at radius 2 is 1.50 bits per heavy atom. The molecular formula is C24H26N2O3S. The largest absolute Gasteiger partial charge is 0.337 e. The van der Waals surface area contributed by atoms with Gasteiger partial charge in [-0.25, -0.2) is 8.42 Å². The van der Waals surface area contributed by atoms with Crippen LogP contribution in [0, 0.1) is 13.8 Å². The van der Waals surface area contributed by atoms with Gasteiger partial charge in [0.15, 0.2) is 0 Å². The lowest BCUT2D eigenvalue weighted by molar-refractivity contribution is 0.0785. The van der Waals surface area contributed by atoms with Gasteiger partial charge in [0.25, 0.3) is 15.9 Å². The van der Waals surface area contributed by atoms with Crippen molar-refractivity contribution < 1.29 is 13.2 Å². The topological polar surface area (TPSA) is 57.7 Å². The molecule has 3 aromatic rings. The zero-order chi connectivity index (χ0) is 21.9. The first-order chi connectivity index (χ1) is 14.2. The molecule has 30 heavy (non-hydrogen) atoms. The molecule has 0 radical (unpaired) electrons. The average Bonchev–Trinajstić information content (AvgIpc) is 2.74. The maximum absolute atomic E-state index is 13.1. The summed E-state index contributed by atoms with van der Waals surface area (Å²) < 4.78 is 27.4. The molecule has 0 aliphatic carbocycles. The minimum absolute atomic E-state index is 0.166. The number of benzene rings is 3. The fourth-order valence-electron chi connectivity index (χ4n) is 3.23. The highest BCUT2D eigenvalue weighted by Gasteiger charge is 2.24. The Morgan fingerprint density at radius 1 is 0.867 bits per heavy atom. The molecule has 0 bridgehead atoms. The molecule has 1 amide bonds. The zero-order valence-corrected chi connectivity index (χ0v) is 18.5. The van der Waals surface area contributed by atoms with Crippen LogP contribution in [0.4, 0.5) is 5.69 Å². The molecule has 0 aliphatic rings. The van der Waals surface area contributed by atoms with Gasteiger partial charge < -0.3 is 4.90 Å². The summed E-state index contributed by atoms with van der Waals surface area (Å²) >= 11 is 0. The third-order valence-electron chi connectivity index (χ3n) is 5.08. The first kappa shape index (κ1) is 21.6. The minimum Gasteiger partial charge on any atom is -0.337 e. The molecule has 0 fully saturated rings. The Morgan fingerprint density at radius 3 is 2.13 bits per heavy atom. The van der Waals surface area contributed by atoms with Gasteiger partial charge in [0, 0.05) is 26.2 Å². The number of hydrogen-bond donors (Lipinski definition) is 0. The molecule has 3 aromatic carbocycles. The van der Waals surface area contributed by atoms with Gasteiger partial charge in [0.1, 0.15) is 0 Å². The monoisotopic (exact) mass is 422 g/mol.